The third-order valence-corrected chi connectivity index (χ3v) is 4.55. The summed E-state index contributed by atoms with van der Waals surface area (Å²) in [6.45, 7) is 1.83. The molecule has 0 aliphatic heterocycles. The molecule has 3 aromatic rings. The molecule has 5 nitrogen and oxygen atoms in total. The molecular formula is C17H15ClN2O3S. The Morgan fingerprint density at radius 2 is 2.12 bits per heavy atom. The number of nitrogens with zero attached hydrogens (tertiary/aromatic N) is 1. The van der Waals surface area contributed by atoms with Gasteiger partial charge in [-0.2, -0.15) is 0 Å². The lowest BCUT2D eigenvalue weighted by Crippen LogP contribution is -2.29. The van der Waals surface area contributed by atoms with Gasteiger partial charge in [0.25, 0.3) is 5.91 Å². The van der Waals surface area contributed by atoms with Gasteiger partial charge in [0.05, 0.1) is 21.9 Å². The fourth-order valence-corrected chi connectivity index (χ4v) is 3.17. The van der Waals surface area contributed by atoms with Crippen LogP contribution in [0.2, 0.25) is 5.02 Å². The Balaban J connectivity index is 1.87. The molecule has 1 amide bonds. The standard InChI is InChI=1S/C17H15ClN2O3S/c1-10(21)7-20-17(22)15-6-13-14(8-19-9-16(13)24-15)23-12-4-2-11(18)3-5-12/h2-6,8-10,21H,7H2,1H3,(H,20,22). The Kier molecular flexibility index (Phi) is 4.99. The number of fused-ring (bicyclic) bond motifs is 1. The van der Waals surface area contributed by atoms with Gasteiger partial charge >= 0.3 is 0 Å². The Morgan fingerprint density at radius 3 is 2.83 bits per heavy atom. The first kappa shape index (κ1) is 16.7. The first-order valence-corrected chi connectivity index (χ1v) is 8.49. The quantitative estimate of drug-likeness (QED) is 0.723. The van der Waals surface area contributed by atoms with E-state index >= 15 is 0 Å². The van der Waals surface area contributed by atoms with E-state index in [1.54, 1.807) is 49.6 Å². The van der Waals surface area contributed by atoms with Gasteiger partial charge in [0.15, 0.2) is 5.75 Å². The number of nitrogens with one attached hydrogen (secondary N) is 1. The van der Waals surface area contributed by atoms with Crippen molar-refractivity contribution in [2.24, 2.45) is 0 Å². The van der Waals surface area contributed by atoms with Crippen molar-refractivity contribution in [1.82, 2.24) is 10.3 Å². The summed E-state index contributed by atoms with van der Waals surface area (Å²) in [4.78, 5) is 16.8. The first-order valence-electron chi connectivity index (χ1n) is 7.30. The molecule has 24 heavy (non-hydrogen) atoms. The maximum absolute atomic E-state index is 12.1. The second kappa shape index (κ2) is 7.17. The van der Waals surface area contributed by atoms with Crippen LogP contribution in [0.1, 0.15) is 16.6 Å². The summed E-state index contributed by atoms with van der Waals surface area (Å²) in [6, 6.07) is 8.79. The summed E-state index contributed by atoms with van der Waals surface area (Å²) >= 11 is 7.20. The zero-order chi connectivity index (χ0) is 17.1. The second-order valence-electron chi connectivity index (χ2n) is 5.28. The Hall–Kier alpha value is -2.15. The van der Waals surface area contributed by atoms with Crippen LogP contribution in [0.4, 0.5) is 0 Å². The van der Waals surface area contributed by atoms with Crippen LogP contribution in [0.25, 0.3) is 10.1 Å². The molecule has 0 fully saturated rings. The molecule has 0 bridgehead atoms. The molecular weight excluding hydrogens is 348 g/mol. The van der Waals surface area contributed by atoms with Crippen LogP contribution in [0.15, 0.2) is 42.7 Å². The SMILES string of the molecule is CC(O)CNC(=O)c1cc2c(Oc3ccc(Cl)cc3)cncc2s1. The molecule has 3 rings (SSSR count). The summed E-state index contributed by atoms with van der Waals surface area (Å²) in [7, 11) is 0. The van der Waals surface area contributed by atoms with Crippen LogP contribution in [0, 0.1) is 0 Å². The van der Waals surface area contributed by atoms with Gasteiger partial charge in [-0.25, -0.2) is 0 Å². The molecule has 0 saturated heterocycles. The van der Waals surface area contributed by atoms with E-state index in [1.807, 2.05) is 0 Å². The molecule has 2 aromatic heterocycles. The van der Waals surface area contributed by atoms with Crippen molar-refractivity contribution in [2.45, 2.75) is 13.0 Å². The van der Waals surface area contributed by atoms with Gasteiger partial charge < -0.3 is 15.2 Å². The number of aromatic nitrogens is 1. The lowest BCUT2D eigenvalue weighted by Gasteiger charge is -2.06. The van der Waals surface area contributed by atoms with E-state index in [9.17, 15) is 9.90 Å². The maximum atomic E-state index is 12.1. The van der Waals surface area contributed by atoms with Crippen molar-refractivity contribution in [3.8, 4) is 11.5 Å². The molecule has 1 unspecified atom stereocenters. The number of carbonyl (C=O) groups excluding carboxylic acids is 1. The van der Waals surface area contributed by atoms with Crippen LogP contribution in [0.3, 0.4) is 0 Å². The van der Waals surface area contributed by atoms with Crippen molar-refractivity contribution in [1.29, 1.82) is 0 Å². The number of amides is 1. The van der Waals surface area contributed by atoms with Gasteiger partial charge in [-0.05, 0) is 37.3 Å². The lowest BCUT2D eigenvalue weighted by molar-refractivity contribution is 0.0928. The fraction of sp³-hybridized carbons (Fsp3) is 0.176. The highest BCUT2D eigenvalue weighted by atomic mass is 35.5. The number of benzene rings is 1. The monoisotopic (exact) mass is 362 g/mol. The zero-order valence-corrected chi connectivity index (χ0v) is 14.4. The fourth-order valence-electron chi connectivity index (χ4n) is 2.09. The number of pyridine rings is 1. The Bertz CT molecular complexity index is 862. The summed E-state index contributed by atoms with van der Waals surface area (Å²) < 4.78 is 6.70. The predicted octanol–water partition coefficient (Wildman–Crippen LogP) is 3.85. The lowest BCUT2D eigenvalue weighted by atomic mass is 10.2. The minimum atomic E-state index is -0.589. The number of aliphatic hydroxyl groups is 1. The number of aliphatic hydroxyl groups excluding tert-OH is 1. The highest BCUT2D eigenvalue weighted by Gasteiger charge is 2.14. The van der Waals surface area contributed by atoms with Gasteiger partial charge in [-0.1, -0.05) is 11.6 Å². The number of halogens is 1. The average molecular weight is 363 g/mol. The highest BCUT2D eigenvalue weighted by molar-refractivity contribution is 7.20. The van der Waals surface area contributed by atoms with Crippen molar-refractivity contribution >= 4 is 38.9 Å². The normalized spacial score (nSPS) is 12.1. The Morgan fingerprint density at radius 1 is 1.38 bits per heavy atom. The van der Waals surface area contributed by atoms with Gasteiger partial charge in [-0.15, -0.1) is 11.3 Å². The first-order chi connectivity index (χ1) is 11.5. The van der Waals surface area contributed by atoms with E-state index in [0.29, 0.717) is 21.4 Å². The number of hydrogen-bond donors (Lipinski definition) is 2. The predicted molar refractivity (Wildman–Crippen MR) is 95.2 cm³/mol. The number of ether oxygens (including phenoxy) is 1. The molecule has 0 aliphatic carbocycles. The zero-order valence-electron chi connectivity index (χ0n) is 12.8. The Labute approximate surface area is 147 Å². The van der Waals surface area contributed by atoms with E-state index < -0.39 is 6.10 Å². The molecule has 2 heterocycles. The molecule has 2 N–H and O–H groups in total. The number of thiophene rings is 1. The van der Waals surface area contributed by atoms with Gasteiger partial charge in [0, 0.05) is 23.2 Å². The summed E-state index contributed by atoms with van der Waals surface area (Å²) in [5.74, 6) is 0.982. The largest absolute Gasteiger partial charge is 0.455 e. The topological polar surface area (TPSA) is 71.5 Å². The minimum Gasteiger partial charge on any atom is -0.455 e. The van der Waals surface area contributed by atoms with E-state index in [4.69, 9.17) is 16.3 Å². The molecule has 7 heteroatoms. The summed E-state index contributed by atoms with van der Waals surface area (Å²) in [6.07, 6.45) is 2.72. The third kappa shape index (κ3) is 3.84. The van der Waals surface area contributed by atoms with Crippen LogP contribution in [0.5, 0.6) is 11.5 Å². The van der Waals surface area contributed by atoms with Crippen LogP contribution in [-0.4, -0.2) is 28.6 Å². The molecule has 0 saturated carbocycles. The smallest absolute Gasteiger partial charge is 0.261 e. The third-order valence-electron chi connectivity index (χ3n) is 3.23. The molecule has 124 valence electrons. The van der Waals surface area contributed by atoms with E-state index in [2.05, 4.69) is 10.3 Å². The average Bonchev–Trinajstić information content (AvgIpc) is 3.00. The van der Waals surface area contributed by atoms with Gasteiger partial charge in [-0.3, -0.25) is 9.78 Å². The minimum absolute atomic E-state index is 0.208. The van der Waals surface area contributed by atoms with Crippen molar-refractivity contribution in [3.63, 3.8) is 0 Å². The van der Waals surface area contributed by atoms with E-state index in [1.165, 1.54) is 11.3 Å². The van der Waals surface area contributed by atoms with Crippen molar-refractivity contribution in [3.05, 3.63) is 52.6 Å². The second-order valence-corrected chi connectivity index (χ2v) is 6.80. The summed E-state index contributed by atoms with van der Waals surface area (Å²) in [5.41, 5.74) is 0. The molecule has 0 aliphatic rings. The van der Waals surface area contributed by atoms with Gasteiger partial charge in [0.2, 0.25) is 0 Å². The number of carbonyl (C=O) groups is 1. The van der Waals surface area contributed by atoms with Crippen molar-refractivity contribution < 1.29 is 14.6 Å². The van der Waals surface area contributed by atoms with Crippen LogP contribution in [-0.2, 0) is 0 Å². The number of rotatable bonds is 5. The van der Waals surface area contributed by atoms with E-state index in [-0.39, 0.29) is 12.5 Å². The molecule has 0 spiro atoms. The molecule has 1 atom stereocenters. The van der Waals surface area contributed by atoms with E-state index in [0.717, 1.165) is 10.1 Å². The van der Waals surface area contributed by atoms with Crippen LogP contribution < -0.4 is 10.1 Å². The van der Waals surface area contributed by atoms with Crippen LogP contribution >= 0.6 is 22.9 Å². The maximum Gasteiger partial charge on any atom is 0.261 e. The highest BCUT2D eigenvalue weighted by Crippen LogP contribution is 2.34. The summed E-state index contributed by atoms with van der Waals surface area (Å²) in [5, 5.41) is 13.4. The molecule has 1 aromatic carbocycles. The van der Waals surface area contributed by atoms with Crippen molar-refractivity contribution in [2.75, 3.05) is 6.54 Å². The number of hydrogen-bond acceptors (Lipinski definition) is 5. The molecule has 0 radical (unpaired) electrons. The van der Waals surface area contributed by atoms with Gasteiger partial charge in [0.1, 0.15) is 5.75 Å².